The maximum absolute atomic E-state index is 11.5. The average Bonchev–Trinajstić information content (AvgIpc) is 2.38. The van der Waals surface area contributed by atoms with Crippen LogP contribution < -0.4 is 0 Å². The largest absolute Gasteiger partial charge is 0.465 e. The van der Waals surface area contributed by atoms with E-state index in [0.29, 0.717) is 5.56 Å². The lowest BCUT2D eigenvalue weighted by atomic mass is 10.1. The predicted octanol–water partition coefficient (Wildman–Crippen LogP) is 3.45. The Morgan fingerprint density at radius 2 is 1.89 bits per heavy atom. The van der Waals surface area contributed by atoms with Crippen molar-refractivity contribution < 1.29 is 17.9 Å². The number of methoxy groups -OCH3 is 1. The topological polar surface area (TPSA) is 60.4 Å². The number of carbonyl (C=O) groups is 1. The lowest BCUT2D eigenvalue weighted by molar-refractivity contribution is 0.0600. The molecule has 19 heavy (non-hydrogen) atoms. The summed E-state index contributed by atoms with van der Waals surface area (Å²) < 4.78 is 27.6. The molecule has 108 valence electrons. The zero-order valence-corrected chi connectivity index (χ0v) is 14.3. The Kier molecular flexibility index (Phi) is 7.62. The maximum Gasteiger partial charge on any atom is 0.339 e. The Morgan fingerprint density at radius 3 is 2.26 bits per heavy atom. The molecule has 1 rings (SSSR count). The van der Waals surface area contributed by atoms with Crippen LogP contribution in [0.5, 0.6) is 0 Å². The summed E-state index contributed by atoms with van der Waals surface area (Å²) in [5.41, 5.74) is 0.507. The smallest absolute Gasteiger partial charge is 0.339 e. The number of hydrogen-bond acceptors (Lipinski definition) is 4. The third-order valence-corrected chi connectivity index (χ3v) is 4.31. The molecule has 0 amide bonds. The molecule has 0 atom stereocenters. The fourth-order valence-electron chi connectivity index (χ4n) is 1.34. The van der Waals surface area contributed by atoms with Gasteiger partial charge < -0.3 is 4.74 Å². The van der Waals surface area contributed by atoms with Crippen molar-refractivity contribution in [2.75, 3.05) is 13.4 Å². The Bertz CT molecular complexity index is 555. The van der Waals surface area contributed by atoms with E-state index < -0.39 is 15.8 Å². The average molecular weight is 372 g/mol. The van der Waals surface area contributed by atoms with E-state index in [9.17, 15) is 13.2 Å². The van der Waals surface area contributed by atoms with Gasteiger partial charge in [0.25, 0.3) is 0 Å². The first-order valence-corrected chi connectivity index (χ1v) is 8.87. The van der Waals surface area contributed by atoms with Gasteiger partial charge in [0.1, 0.15) is 0 Å². The van der Waals surface area contributed by atoms with Crippen LogP contribution in [0.15, 0.2) is 17.0 Å². The molecular weight excluding hydrogens is 356 g/mol. The van der Waals surface area contributed by atoms with Crippen molar-refractivity contribution in [3.05, 3.63) is 28.3 Å². The lowest BCUT2D eigenvalue weighted by Crippen LogP contribution is -2.08. The minimum atomic E-state index is -3.38. The van der Waals surface area contributed by atoms with Gasteiger partial charge >= 0.3 is 5.97 Å². The second-order valence-electron chi connectivity index (χ2n) is 3.30. The maximum atomic E-state index is 11.5. The summed E-state index contributed by atoms with van der Waals surface area (Å²) in [7, 11) is -2.15. The number of halogens is 2. The third kappa shape index (κ3) is 4.47. The number of benzene rings is 1. The second kappa shape index (κ2) is 7.87. The molecule has 1 aromatic rings. The van der Waals surface area contributed by atoms with Crippen molar-refractivity contribution in [3.8, 4) is 0 Å². The highest BCUT2D eigenvalue weighted by Crippen LogP contribution is 2.30. The highest BCUT2D eigenvalue weighted by molar-refractivity contribution is 9.08. The predicted molar refractivity (Wildman–Crippen MR) is 79.9 cm³/mol. The van der Waals surface area contributed by atoms with Crippen LogP contribution in [0.3, 0.4) is 0 Å². The van der Waals surface area contributed by atoms with Crippen molar-refractivity contribution in [1.82, 2.24) is 0 Å². The Hall–Kier alpha value is -0.590. The molecule has 0 bridgehead atoms. The van der Waals surface area contributed by atoms with Crippen molar-refractivity contribution in [1.29, 1.82) is 0 Å². The Balaban J connectivity index is 0.00000154. The number of esters is 1. The minimum Gasteiger partial charge on any atom is -0.465 e. The lowest BCUT2D eigenvalue weighted by Gasteiger charge is -2.10. The van der Waals surface area contributed by atoms with Gasteiger partial charge in [0.05, 0.1) is 22.6 Å². The molecule has 0 aliphatic heterocycles. The first-order valence-electron chi connectivity index (χ1n) is 5.48. The van der Waals surface area contributed by atoms with E-state index >= 15 is 0 Å². The van der Waals surface area contributed by atoms with E-state index in [2.05, 4.69) is 20.7 Å². The van der Waals surface area contributed by atoms with Crippen molar-refractivity contribution >= 4 is 43.3 Å². The summed E-state index contributed by atoms with van der Waals surface area (Å²) in [6, 6.07) is 2.70. The van der Waals surface area contributed by atoms with Gasteiger partial charge in [0.15, 0.2) is 9.84 Å². The molecule has 0 radical (unpaired) electrons. The molecule has 0 saturated heterocycles. The minimum absolute atomic E-state index is 0.0941. The number of rotatable bonds is 3. The van der Waals surface area contributed by atoms with Crippen LogP contribution in [-0.4, -0.2) is 27.8 Å². The molecule has 0 N–H and O–H groups in total. The first kappa shape index (κ1) is 18.4. The fourth-order valence-corrected chi connectivity index (χ4v) is 3.57. The van der Waals surface area contributed by atoms with E-state index in [-0.39, 0.29) is 20.8 Å². The third-order valence-electron chi connectivity index (χ3n) is 2.14. The summed E-state index contributed by atoms with van der Waals surface area (Å²) >= 11 is 9.15. The molecule has 4 nitrogen and oxygen atoms in total. The van der Waals surface area contributed by atoms with Crippen LogP contribution >= 0.6 is 27.5 Å². The molecular formula is C12H16BrClO4S. The van der Waals surface area contributed by atoms with E-state index in [1.54, 1.807) is 0 Å². The zero-order chi connectivity index (χ0) is 15.2. The van der Waals surface area contributed by atoms with Crippen LogP contribution in [-0.2, 0) is 19.9 Å². The highest BCUT2D eigenvalue weighted by atomic mass is 79.9. The number of carbonyl (C=O) groups excluding carboxylic acids is 1. The molecule has 0 aliphatic rings. The van der Waals surface area contributed by atoms with Gasteiger partial charge in [0.2, 0.25) is 0 Å². The Labute approximate surface area is 127 Å². The van der Waals surface area contributed by atoms with Crippen LogP contribution in [0.2, 0.25) is 5.02 Å². The van der Waals surface area contributed by atoms with Crippen molar-refractivity contribution in [2.45, 2.75) is 24.1 Å². The monoisotopic (exact) mass is 370 g/mol. The SMILES string of the molecule is CC.COC(=O)c1ccc(S(C)(=O)=O)c(CBr)c1Cl. The molecule has 0 fully saturated rings. The quantitative estimate of drug-likeness (QED) is 0.603. The number of alkyl halides is 1. The van der Waals surface area contributed by atoms with E-state index in [4.69, 9.17) is 11.6 Å². The molecule has 7 heteroatoms. The van der Waals surface area contributed by atoms with Crippen molar-refractivity contribution in [2.24, 2.45) is 0 Å². The fraction of sp³-hybridized carbons (Fsp3) is 0.417. The van der Waals surface area contributed by atoms with Gasteiger partial charge in [-0.1, -0.05) is 41.4 Å². The van der Waals surface area contributed by atoms with Crippen LogP contribution in [0.1, 0.15) is 29.8 Å². The van der Waals surface area contributed by atoms with Crippen LogP contribution in [0, 0.1) is 0 Å². The molecule has 0 saturated carbocycles. The molecule has 0 aromatic heterocycles. The summed E-state index contributed by atoms with van der Waals surface area (Å²) in [6.07, 6.45) is 1.09. The van der Waals surface area contributed by atoms with Crippen molar-refractivity contribution in [3.63, 3.8) is 0 Å². The highest BCUT2D eigenvalue weighted by Gasteiger charge is 2.21. The van der Waals surface area contributed by atoms with Gasteiger partial charge in [-0.3, -0.25) is 0 Å². The van der Waals surface area contributed by atoms with E-state index in [0.717, 1.165) is 6.26 Å². The summed E-state index contributed by atoms with van der Waals surface area (Å²) in [4.78, 5) is 11.5. The summed E-state index contributed by atoms with van der Waals surface area (Å²) in [5, 5.41) is 0.329. The number of sulfone groups is 1. The summed E-state index contributed by atoms with van der Waals surface area (Å²) in [5.74, 6) is -0.600. The van der Waals surface area contributed by atoms with Gasteiger partial charge in [-0.2, -0.15) is 0 Å². The van der Waals surface area contributed by atoms with Crippen LogP contribution in [0.25, 0.3) is 0 Å². The van der Waals surface area contributed by atoms with E-state index in [1.165, 1.54) is 19.2 Å². The number of hydrogen-bond donors (Lipinski definition) is 0. The van der Waals surface area contributed by atoms with Crippen LogP contribution in [0.4, 0.5) is 0 Å². The van der Waals surface area contributed by atoms with Gasteiger partial charge in [-0.15, -0.1) is 0 Å². The summed E-state index contributed by atoms with van der Waals surface area (Å²) in [6.45, 7) is 4.00. The number of ether oxygens (including phenoxy) is 1. The molecule has 0 aliphatic carbocycles. The van der Waals surface area contributed by atoms with Gasteiger partial charge in [-0.25, -0.2) is 13.2 Å². The second-order valence-corrected chi connectivity index (χ2v) is 6.22. The first-order chi connectivity index (χ1) is 8.82. The molecule has 1 aromatic carbocycles. The van der Waals surface area contributed by atoms with E-state index in [1.807, 2.05) is 13.8 Å². The molecule has 0 spiro atoms. The van der Waals surface area contributed by atoms with Gasteiger partial charge in [-0.05, 0) is 12.1 Å². The zero-order valence-electron chi connectivity index (χ0n) is 11.2. The standard InChI is InChI=1S/C10H10BrClO4S.C2H6/c1-16-10(13)6-3-4-8(17(2,14)15)7(5-11)9(6)12;1-2/h3-4H,5H2,1-2H3;1-2H3. The Morgan fingerprint density at radius 1 is 1.37 bits per heavy atom. The van der Waals surface area contributed by atoms with Gasteiger partial charge in [0, 0.05) is 17.1 Å². The molecule has 0 unspecified atom stereocenters. The molecule has 0 heterocycles. The normalized spacial score (nSPS) is 10.4.